The van der Waals surface area contributed by atoms with Gasteiger partial charge in [-0.05, 0) is 29.3 Å². The zero-order chi connectivity index (χ0) is 11.0. The summed E-state index contributed by atoms with van der Waals surface area (Å²) in [4.78, 5) is 10.9. The molecule has 0 heterocycles. The van der Waals surface area contributed by atoms with E-state index in [0.717, 1.165) is 15.8 Å². The Balaban J connectivity index is 2.36. The van der Waals surface area contributed by atoms with Crippen LogP contribution in [0.4, 0.5) is 0 Å². The Bertz CT molecular complexity index is 449. The van der Waals surface area contributed by atoms with Gasteiger partial charge in [0.05, 0.1) is 0 Å². The van der Waals surface area contributed by atoms with E-state index in [9.17, 15) is 4.79 Å². The molecule has 0 aromatic heterocycles. The van der Waals surface area contributed by atoms with Gasteiger partial charge in [-0.15, -0.1) is 0 Å². The highest BCUT2D eigenvalue weighted by Crippen LogP contribution is 2.37. The van der Waals surface area contributed by atoms with Crippen LogP contribution in [0.3, 0.4) is 0 Å². The fraction of sp³-hybridized carbons (Fsp3) is 0.250. The molecular weight excluding hydrogens is 256 g/mol. The second kappa shape index (κ2) is 3.81. The molecule has 0 radical (unpaired) electrons. The highest BCUT2D eigenvalue weighted by molar-refractivity contribution is 9.10. The lowest BCUT2D eigenvalue weighted by molar-refractivity contribution is -0.137. The summed E-state index contributed by atoms with van der Waals surface area (Å²) < 4.78 is 6.19. The average molecular weight is 267 g/mol. The SMILES string of the molecule is CC(=O)OC1=Cc2cc(Br)ccc2C1C. The van der Waals surface area contributed by atoms with Crippen molar-refractivity contribution in [1.82, 2.24) is 0 Å². The normalized spacial score (nSPS) is 18.3. The molecule has 15 heavy (non-hydrogen) atoms. The molecule has 2 rings (SSSR count). The number of esters is 1. The lowest BCUT2D eigenvalue weighted by Crippen LogP contribution is -2.02. The van der Waals surface area contributed by atoms with Crippen LogP contribution in [0, 0.1) is 0 Å². The predicted molar refractivity (Wildman–Crippen MR) is 62.3 cm³/mol. The molecule has 1 aliphatic carbocycles. The molecule has 0 amide bonds. The van der Waals surface area contributed by atoms with E-state index >= 15 is 0 Å². The first-order valence-electron chi connectivity index (χ1n) is 4.77. The fourth-order valence-corrected chi connectivity index (χ4v) is 2.16. The van der Waals surface area contributed by atoms with Gasteiger partial charge in [0.15, 0.2) is 0 Å². The molecule has 1 aromatic rings. The fourth-order valence-electron chi connectivity index (χ4n) is 1.78. The molecule has 1 atom stereocenters. The first-order chi connectivity index (χ1) is 7.08. The Morgan fingerprint density at radius 1 is 1.47 bits per heavy atom. The van der Waals surface area contributed by atoms with Gasteiger partial charge >= 0.3 is 5.97 Å². The van der Waals surface area contributed by atoms with E-state index in [0.29, 0.717) is 0 Å². The van der Waals surface area contributed by atoms with Crippen molar-refractivity contribution in [3.05, 3.63) is 39.6 Å². The molecule has 0 fully saturated rings. The van der Waals surface area contributed by atoms with E-state index in [1.54, 1.807) is 0 Å². The molecule has 1 aliphatic rings. The maximum absolute atomic E-state index is 10.9. The maximum Gasteiger partial charge on any atom is 0.307 e. The predicted octanol–water partition coefficient (Wildman–Crippen LogP) is 3.47. The number of halogens is 1. The van der Waals surface area contributed by atoms with E-state index < -0.39 is 0 Å². The number of carbonyl (C=O) groups excluding carboxylic acids is 1. The smallest absolute Gasteiger partial charge is 0.307 e. The molecule has 0 saturated carbocycles. The van der Waals surface area contributed by atoms with Gasteiger partial charge in [-0.1, -0.05) is 28.9 Å². The third-order valence-electron chi connectivity index (χ3n) is 2.50. The second-order valence-corrected chi connectivity index (χ2v) is 4.55. The van der Waals surface area contributed by atoms with Crippen LogP contribution >= 0.6 is 15.9 Å². The molecule has 0 N–H and O–H groups in total. The van der Waals surface area contributed by atoms with Gasteiger partial charge in [-0.25, -0.2) is 0 Å². The largest absolute Gasteiger partial charge is 0.431 e. The average Bonchev–Trinajstić information content (AvgIpc) is 2.42. The molecular formula is C12H11BrO2. The number of fused-ring (bicyclic) bond motifs is 1. The van der Waals surface area contributed by atoms with Crippen molar-refractivity contribution >= 4 is 28.0 Å². The first-order valence-corrected chi connectivity index (χ1v) is 5.56. The minimum absolute atomic E-state index is 0.164. The van der Waals surface area contributed by atoms with Crippen LogP contribution in [0.1, 0.15) is 30.9 Å². The van der Waals surface area contributed by atoms with Gasteiger partial charge in [0.2, 0.25) is 0 Å². The van der Waals surface area contributed by atoms with Gasteiger partial charge in [0, 0.05) is 17.3 Å². The van der Waals surface area contributed by atoms with E-state index in [4.69, 9.17) is 4.74 Å². The number of benzene rings is 1. The summed E-state index contributed by atoms with van der Waals surface area (Å²) in [6.45, 7) is 3.46. The monoisotopic (exact) mass is 266 g/mol. The molecule has 3 heteroatoms. The standard InChI is InChI=1S/C12H11BrO2/c1-7-11-4-3-10(13)5-9(11)6-12(7)15-8(2)14/h3-7H,1-2H3. The topological polar surface area (TPSA) is 26.3 Å². The maximum atomic E-state index is 10.9. The number of carbonyl (C=O) groups is 1. The summed E-state index contributed by atoms with van der Waals surface area (Å²) in [6.07, 6.45) is 1.92. The highest BCUT2D eigenvalue weighted by Gasteiger charge is 2.23. The lowest BCUT2D eigenvalue weighted by atomic mass is 10.0. The van der Waals surface area contributed by atoms with Crippen molar-refractivity contribution in [2.45, 2.75) is 19.8 Å². The zero-order valence-corrected chi connectivity index (χ0v) is 10.2. The van der Waals surface area contributed by atoms with Crippen molar-refractivity contribution < 1.29 is 9.53 Å². The summed E-state index contributed by atoms with van der Waals surface area (Å²) in [6, 6.07) is 6.08. The molecule has 78 valence electrons. The lowest BCUT2D eigenvalue weighted by Gasteiger charge is -2.09. The van der Waals surface area contributed by atoms with Crippen LogP contribution < -0.4 is 0 Å². The van der Waals surface area contributed by atoms with E-state index in [-0.39, 0.29) is 11.9 Å². The number of hydrogen-bond donors (Lipinski definition) is 0. The highest BCUT2D eigenvalue weighted by atomic mass is 79.9. The van der Waals surface area contributed by atoms with Crippen molar-refractivity contribution in [1.29, 1.82) is 0 Å². The summed E-state index contributed by atoms with van der Waals surface area (Å²) in [5.41, 5.74) is 2.32. The molecule has 0 aliphatic heterocycles. The molecule has 2 nitrogen and oxygen atoms in total. The quantitative estimate of drug-likeness (QED) is 0.728. The van der Waals surface area contributed by atoms with Crippen LogP contribution in [-0.4, -0.2) is 5.97 Å². The van der Waals surface area contributed by atoms with Gasteiger partial charge in [-0.3, -0.25) is 4.79 Å². The summed E-state index contributed by atoms with van der Waals surface area (Å²) in [5, 5.41) is 0. The molecule has 1 aromatic carbocycles. The van der Waals surface area contributed by atoms with Crippen LogP contribution in [0.15, 0.2) is 28.4 Å². The minimum Gasteiger partial charge on any atom is -0.431 e. The number of hydrogen-bond acceptors (Lipinski definition) is 2. The summed E-state index contributed by atoms with van der Waals surface area (Å²) >= 11 is 3.42. The third-order valence-corrected chi connectivity index (χ3v) is 2.99. The molecule has 0 saturated heterocycles. The first kappa shape index (κ1) is 10.4. The van der Waals surface area contributed by atoms with Crippen molar-refractivity contribution in [2.24, 2.45) is 0 Å². The molecule has 0 spiro atoms. The Morgan fingerprint density at radius 2 is 2.20 bits per heavy atom. The van der Waals surface area contributed by atoms with Crippen LogP contribution in [-0.2, 0) is 9.53 Å². The Labute approximate surface area is 97.1 Å². The van der Waals surface area contributed by atoms with Crippen LogP contribution in [0.25, 0.3) is 6.08 Å². The zero-order valence-electron chi connectivity index (χ0n) is 8.58. The Hall–Kier alpha value is -1.09. The minimum atomic E-state index is -0.264. The summed E-state index contributed by atoms with van der Waals surface area (Å²) in [5.74, 6) is 0.632. The van der Waals surface area contributed by atoms with Crippen LogP contribution in [0.5, 0.6) is 0 Å². The van der Waals surface area contributed by atoms with E-state index in [1.165, 1.54) is 12.5 Å². The third kappa shape index (κ3) is 1.97. The molecule has 0 bridgehead atoms. The number of allylic oxidation sites excluding steroid dienone is 1. The molecule has 1 unspecified atom stereocenters. The van der Waals surface area contributed by atoms with Gasteiger partial charge in [-0.2, -0.15) is 0 Å². The van der Waals surface area contributed by atoms with Gasteiger partial charge in [0.25, 0.3) is 0 Å². The van der Waals surface area contributed by atoms with Crippen molar-refractivity contribution in [3.63, 3.8) is 0 Å². The van der Waals surface area contributed by atoms with Crippen LogP contribution in [0.2, 0.25) is 0 Å². The summed E-state index contributed by atoms with van der Waals surface area (Å²) in [7, 11) is 0. The Morgan fingerprint density at radius 3 is 2.87 bits per heavy atom. The van der Waals surface area contributed by atoms with E-state index in [2.05, 4.69) is 22.0 Å². The van der Waals surface area contributed by atoms with Gasteiger partial charge in [0.1, 0.15) is 5.76 Å². The van der Waals surface area contributed by atoms with Gasteiger partial charge < -0.3 is 4.74 Å². The number of rotatable bonds is 1. The van der Waals surface area contributed by atoms with E-state index in [1.807, 2.05) is 25.1 Å². The number of ether oxygens (including phenoxy) is 1. The Kier molecular flexibility index (Phi) is 2.65. The van der Waals surface area contributed by atoms with Crippen molar-refractivity contribution in [3.8, 4) is 0 Å². The van der Waals surface area contributed by atoms with Crippen molar-refractivity contribution in [2.75, 3.05) is 0 Å². The second-order valence-electron chi connectivity index (χ2n) is 3.64.